The maximum atomic E-state index is 13.2. The second-order valence-electron chi connectivity index (χ2n) is 9.31. The first kappa shape index (κ1) is 23.6. The van der Waals surface area contributed by atoms with Crippen LogP contribution in [0.5, 0.6) is 0 Å². The lowest BCUT2D eigenvalue weighted by Crippen LogP contribution is -2.42. The number of thiophene rings is 1. The lowest BCUT2D eigenvalue weighted by molar-refractivity contribution is -0.123. The third-order valence-corrected chi connectivity index (χ3v) is 8.35. The molecule has 1 aliphatic carbocycles. The molecule has 2 heterocycles. The SMILES string of the molecule is O=C(NCc1cc(Cl)cc(Cl)c1)C(CCN1CCC2(C=Cc3ccccc32)CC1)c1ccsc1. The molecule has 1 fully saturated rings. The number of likely N-dealkylation sites (tertiary alicyclic amines) is 1. The van der Waals surface area contributed by atoms with Crippen LogP contribution in [-0.4, -0.2) is 30.4 Å². The Morgan fingerprint density at radius 3 is 2.59 bits per heavy atom. The number of nitrogens with one attached hydrogen (secondary N) is 1. The summed E-state index contributed by atoms with van der Waals surface area (Å²) in [4.78, 5) is 15.7. The summed E-state index contributed by atoms with van der Waals surface area (Å²) in [6, 6.07) is 16.2. The van der Waals surface area contributed by atoms with E-state index in [1.165, 1.54) is 11.1 Å². The molecule has 6 heteroatoms. The van der Waals surface area contributed by atoms with Gasteiger partial charge < -0.3 is 10.2 Å². The van der Waals surface area contributed by atoms with Crippen molar-refractivity contribution in [1.29, 1.82) is 0 Å². The topological polar surface area (TPSA) is 32.3 Å². The van der Waals surface area contributed by atoms with E-state index in [-0.39, 0.29) is 17.2 Å². The lowest BCUT2D eigenvalue weighted by atomic mass is 9.74. The van der Waals surface area contributed by atoms with Gasteiger partial charge in [-0.2, -0.15) is 11.3 Å². The maximum absolute atomic E-state index is 13.2. The number of hydrogen-bond donors (Lipinski definition) is 1. The van der Waals surface area contributed by atoms with Crippen LogP contribution in [0.1, 0.15) is 47.4 Å². The van der Waals surface area contributed by atoms with Crippen molar-refractivity contribution in [1.82, 2.24) is 10.2 Å². The first-order valence-electron chi connectivity index (χ1n) is 11.8. The van der Waals surface area contributed by atoms with Gasteiger partial charge in [0, 0.05) is 22.0 Å². The van der Waals surface area contributed by atoms with Gasteiger partial charge in [-0.15, -0.1) is 0 Å². The highest BCUT2D eigenvalue weighted by atomic mass is 35.5. The predicted molar refractivity (Wildman–Crippen MR) is 143 cm³/mol. The van der Waals surface area contributed by atoms with Crippen LogP contribution in [0.2, 0.25) is 10.0 Å². The zero-order valence-corrected chi connectivity index (χ0v) is 21.3. The van der Waals surface area contributed by atoms with Crippen molar-refractivity contribution in [2.24, 2.45) is 0 Å². The third-order valence-electron chi connectivity index (χ3n) is 7.21. The van der Waals surface area contributed by atoms with Gasteiger partial charge in [0.2, 0.25) is 5.91 Å². The van der Waals surface area contributed by atoms with E-state index in [0.29, 0.717) is 16.6 Å². The van der Waals surface area contributed by atoms with E-state index in [1.54, 1.807) is 17.4 Å². The molecule has 1 spiro atoms. The van der Waals surface area contributed by atoms with Crippen LogP contribution in [0, 0.1) is 0 Å². The summed E-state index contributed by atoms with van der Waals surface area (Å²) < 4.78 is 0. The molecule has 5 rings (SSSR count). The summed E-state index contributed by atoms with van der Waals surface area (Å²) in [6.07, 6.45) is 7.77. The molecule has 0 saturated carbocycles. The van der Waals surface area contributed by atoms with E-state index in [9.17, 15) is 4.79 Å². The fraction of sp³-hybridized carbons (Fsp3) is 0.321. The zero-order chi connectivity index (χ0) is 23.5. The Hall–Kier alpha value is -2.11. The standard InChI is InChI=1S/C28H28Cl2N2OS/c29-23-15-20(16-24(30)17-23)18-31-27(33)25(22-7-14-34-19-22)6-11-32-12-9-28(10-13-32)8-5-21-3-1-2-4-26(21)28/h1-5,7-8,14-17,19,25H,6,9-13,18H2,(H,31,33). The van der Waals surface area contributed by atoms with Crippen LogP contribution in [0.15, 0.2) is 65.4 Å². The Morgan fingerprint density at radius 1 is 1.09 bits per heavy atom. The molecule has 0 radical (unpaired) electrons. The lowest BCUT2D eigenvalue weighted by Gasteiger charge is -2.39. The second kappa shape index (κ2) is 10.2. The highest BCUT2D eigenvalue weighted by molar-refractivity contribution is 7.08. The number of halogens is 2. The largest absolute Gasteiger partial charge is 0.351 e. The molecule has 2 aliphatic rings. The van der Waals surface area contributed by atoms with Crippen LogP contribution < -0.4 is 5.32 Å². The van der Waals surface area contributed by atoms with Crippen LogP contribution >= 0.6 is 34.5 Å². The Kier molecular flexibility index (Phi) is 7.12. The zero-order valence-electron chi connectivity index (χ0n) is 19.0. The predicted octanol–water partition coefficient (Wildman–Crippen LogP) is 6.91. The summed E-state index contributed by atoms with van der Waals surface area (Å²) in [5.74, 6) is -0.112. The molecule has 2 aromatic carbocycles. The Balaban J connectivity index is 1.19. The molecule has 3 aromatic rings. The number of rotatable bonds is 7. The number of carbonyl (C=O) groups excluding carboxylic acids is 1. The molecule has 1 amide bonds. The minimum atomic E-state index is -0.163. The normalized spacial score (nSPS) is 17.6. The Bertz CT molecular complexity index is 1160. The van der Waals surface area contributed by atoms with Gasteiger partial charge in [-0.3, -0.25) is 4.79 Å². The van der Waals surface area contributed by atoms with Gasteiger partial charge in [-0.05, 0) is 96.2 Å². The van der Waals surface area contributed by atoms with E-state index in [0.717, 1.165) is 50.0 Å². The Labute approximate surface area is 215 Å². The molecular weight excluding hydrogens is 483 g/mol. The van der Waals surface area contributed by atoms with Crippen LogP contribution in [0.25, 0.3) is 6.08 Å². The van der Waals surface area contributed by atoms with Gasteiger partial charge in [0.25, 0.3) is 0 Å². The van der Waals surface area contributed by atoms with E-state index in [1.807, 2.05) is 17.5 Å². The number of fused-ring (bicyclic) bond motifs is 2. The highest BCUT2D eigenvalue weighted by Crippen LogP contribution is 2.43. The van der Waals surface area contributed by atoms with Gasteiger partial charge >= 0.3 is 0 Å². The van der Waals surface area contributed by atoms with E-state index < -0.39 is 0 Å². The molecule has 1 N–H and O–H groups in total. The number of amides is 1. The maximum Gasteiger partial charge on any atom is 0.227 e. The molecule has 1 saturated heterocycles. The molecule has 34 heavy (non-hydrogen) atoms. The fourth-order valence-corrected chi connectivity index (χ4v) is 6.59. The van der Waals surface area contributed by atoms with E-state index >= 15 is 0 Å². The van der Waals surface area contributed by atoms with Crippen molar-refractivity contribution in [2.75, 3.05) is 19.6 Å². The molecule has 1 aliphatic heterocycles. The summed E-state index contributed by atoms with van der Waals surface area (Å²) in [5, 5.41) is 8.39. The van der Waals surface area contributed by atoms with Crippen molar-refractivity contribution in [3.05, 3.63) is 97.7 Å². The molecule has 176 valence electrons. The third kappa shape index (κ3) is 5.11. The van der Waals surface area contributed by atoms with Gasteiger partial charge in [-0.1, -0.05) is 59.6 Å². The number of piperidine rings is 1. The van der Waals surface area contributed by atoms with Gasteiger partial charge in [0.1, 0.15) is 0 Å². The van der Waals surface area contributed by atoms with Crippen molar-refractivity contribution < 1.29 is 4.79 Å². The number of benzene rings is 2. The molecular formula is C28H28Cl2N2OS. The van der Waals surface area contributed by atoms with E-state index in [2.05, 4.69) is 58.1 Å². The monoisotopic (exact) mass is 510 g/mol. The summed E-state index contributed by atoms with van der Waals surface area (Å²) in [6.45, 7) is 3.44. The molecule has 1 aromatic heterocycles. The van der Waals surface area contributed by atoms with Crippen LogP contribution in [-0.2, 0) is 16.8 Å². The fourth-order valence-electron chi connectivity index (χ4n) is 5.31. The number of carbonyl (C=O) groups is 1. The van der Waals surface area contributed by atoms with Gasteiger partial charge in [-0.25, -0.2) is 0 Å². The van der Waals surface area contributed by atoms with E-state index in [4.69, 9.17) is 23.2 Å². The molecule has 1 unspecified atom stereocenters. The molecule has 0 bridgehead atoms. The van der Waals surface area contributed by atoms with Crippen molar-refractivity contribution in [3.8, 4) is 0 Å². The summed E-state index contributed by atoms with van der Waals surface area (Å²) in [5.41, 5.74) is 5.03. The average molecular weight is 512 g/mol. The minimum absolute atomic E-state index is 0.0515. The smallest absolute Gasteiger partial charge is 0.227 e. The quantitative estimate of drug-likeness (QED) is 0.374. The number of allylic oxidation sites excluding steroid dienone is 1. The Morgan fingerprint density at radius 2 is 1.85 bits per heavy atom. The number of hydrogen-bond acceptors (Lipinski definition) is 3. The average Bonchev–Trinajstić information content (AvgIpc) is 3.48. The summed E-state index contributed by atoms with van der Waals surface area (Å²) in [7, 11) is 0. The van der Waals surface area contributed by atoms with Crippen molar-refractivity contribution >= 4 is 46.5 Å². The molecule has 1 atom stereocenters. The van der Waals surface area contributed by atoms with Gasteiger partial charge in [0.15, 0.2) is 0 Å². The summed E-state index contributed by atoms with van der Waals surface area (Å²) >= 11 is 13.9. The number of nitrogens with zero attached hydrogens (tertiary/aromatic N) is 1. The highest BCUT2D eigenvalue weighted by Gasteiger charge is 2.37. The van der Waals surface area contributed by atoms with Crippen LogP contribution in [0.4, 0.5) is 0 Å². The first-order chi connectivity index (χ1) is 16.5. The van der Waals surface area contributed by atoms with Crippen molar-refractivity contribution in [3.63, 3.8) is 0 Å². The van der Waals surface area contributed by atoms with Gasteiger partial charge in [0.05, 0.1) is 5.92 Å². The van der Waals surface area contributed by atoms with Crippen LogP contribution in [0.3, 0.4) is 0 Å². The molecule has 3 nitrogen and oxygen atoms in total. The second-order valence-corrected chi connectivity index (χ2v) is 11.0. The van der Waals surface area contributed by atoms with Crippen molar-refractivity contribution in [2.45, 2.75) is 37.1 Å². The minimum Gasteiger partial charge on any atom is -0.351 e. The first-order valence-corrected chi connectivity index (χ1v) is 13.5.